The molecule has 7 heteroatoms. The monoisotopic (exact) mass is 198 g/mol. The van der Waals surface area contributed by atoms with E-state index in [1.807, 2.05) is 4.98 Å². The molecule has 0 saturated heterocycles. The van der Waals surface area contributed by atoms with Gasteiger partial charge in [-0.1, -0.05) is 0 Å². The number of anilines is 2. The van der Waals surface area contributed by atoms with E-state index in [-0.39, 0.29) is 17.4 Å². The average Bonchev–Trinajstić information content (AvgIpc) is 2.08. The van der Waals surface area contributed by atoms with E-state index in [1.165, 1.54) is 14.0 Å². The standard InChI is InChI=1S/C7H10N4O3/c1-3(12)9-4-5(8-2)10-7(14)11-6(4)13/h1-2H3,(H,9,12)(H3,8,10,11,13,14). The minimum Gasteiger partial charge on any atom is -0.373 e. The molecule has 0 aliphatic rings. The van der Waals surface area contributed by atoms with Crippen molar-refractivity contribution in [3.63, 3.8) is 0 Å². The molecule has 14 heavy (non-hydrogen) atoms. The fourth-order valence-corrected chi connectivity index (χ4v) is 0.969. The number of aromatic amines is 2. The molecule has 0 aromatic carbocycles. The summed E-state index contributed by atoms with van der Waals surface area (Å²) < 4.78 is 0. The SMILES string of the molecule is CNc1[nH]c(=O)[nH]c(=O)c1NC(C)=O. The van der Waals surface area contributed by atoms with Crippen molar-refractivity contribution in [2.45, 2.75) is 6.92 Å². The molecule has 1 aromatic heterocycles. The van der Waals surface area contributed by atoms with Gasteiger partial charge < -0.3 is 10.6 Å². The summed E-state index contributed by atoms with van der Waals surface area (Å²) in [7, 11) is 1.52. The van der Waals surface area contributed by atoms with Gasteiger partial charge in [-0.05, 0) is 0 Å². The summed E-state index contributed by atoms with van der Waals surface area (Å²) in [5.41, 5.74) is -1.28. The predicted molar refractivity (Wildman–Crippen MR) is 51.5 cm³/mol. The Labute approximate surface area is 78.5 Å². The van der Waals surface area contributed by atoms with E-state index in [1.54, 1.807) is 0 Å². The zero-order valence-corrected chi connectivity index (χ0v) is 7.72. The van der Waals surface area contributed by atoms with Crippen LogP contribution in [0.1, 0.15) is 6.92 Å². The Morgan fingerprint density at radius 2 is 1.93 bits per heavy atom. The molecule has 0 radical (unpaired) electrons. The summed E-state index contributed by atoms with van der Waals surface area (Å²) in [6.07, 6.45) is 0. The van der Waals surface area contributed by atoms with Gasteiger partial charge in [0.05, 0.1) is 0 Å². The number of aromatic nitrogens is 2. The van der Waals surface area contributed by atoms with Crippen LogP contribution in [-0.4, -0.2) is 22.9 Å². The quantitative estimate of drug-likeness (QED) is 0.492. The molecule has 1 rings (SSSR count). The summed E-state index contributed by atoms with van der Waals surface area (Å²) in [5, 5.41) is 4.90. The molecule has 0 saturated carbocycles. The summed E-state index contributed by atoms with van der Waals surface area (Å²) in [6, 6.07) is 0. The maximum Gasteiger partial charge on any atom is 0.327 e. The lowest BCUT2D eigenvalue weighted by atomic mass is 10.4. The molecule has 4 N–H and O–H groups in total. The third-order valence-corrected chi connectivity index (χ3v) is 1.49. The van der Waals surface area contributed by atoms with Crippen molar-refractivity contribution in [3.05, 3.63) is 20.8 Å². The van der Waals surface area contributed by atoms with Gasteiger partial charge >= 0.3 is 5.69 Å². The molecule has 0 spiro atoms. The number of rotatable bonds is 2. The van der Waals surface area contributed by atoms with Gasteiger partial charge in [-0.2, -0.15) is 0 Å². The van der Waals surface area contributed by atoms with Gasteiger partial charge in [-0.25, -0.2) is 4.79 Å². The number of nitrogens with one attached hydrogen (secondary N) is 4. The summed E-state index contributed by atoms with van der Waals surface area (Å²) >= 11 is 0. The first-order valence-corrected chi connectivity index (χ1v) is 3.86. The zero-order valence-electron chi connectivity index (χ0n) is 7.72. The maximum atomic E-state index is 11.2. The van der Waals surface area contributed by atoms with E-state index in [0.717, 1.165) is 0 Å². The van der Waals surface area contributed by atoms with Crippen LogP contribution in [0.15, 0.2) is 9.59 Å². The highest BCUT2D eigenvalue weighted by atomic mass is 16.2. The van der Waals surface area contributed by atoms with E-state index in [9.17, 15) is 14.4 Å². The van der Waals surface area contributed by atoms with Crippen LogP contribution in [-0.2, 0) is 4.79 Å². The Bertz CT molecular complexity index is 459. The van der Waals surface area contributed by atoms with E-state index in [0.29, 0.717) is 0 Å². The Hall–Kier alpha value is -2.05. The summed E-state index contributed by atoms with van der Waals surface area (Å²) in [5.74, 6) is -0.215. The Morgan fingerprint density at radius 3 is 2.43 bits per heavy atom. The molecule has 1 amide bonds. The molecular weight excluding hydrogens is 188 g/mol. The van der Waals surface area contributed by atoms with Crippen LogP contribution in [0.3, 0.4) is 0 Å². The van der Waals surface area contributed by atoms with E-state index >= 15 is 0 Å². The summed E-state index contributed by atoms with van der Waals surface area (Å²) in [4.78, 5) is 37.1. The van der Waals surface area contributed by atoms with Gasteiger partial charge in [0, 0.05) is 14.0 Å². The molecule has 0 unspecified atom stereocenters. The highest BCUT2D eigenvalue weighted by Gasteiger charge is 2.08. The first-order chi connectivity index (χ1) is 6.54. The second kappa shape index (κ2) is 3.77. The summed E-state index contributed by atoms with van der Waals surface area (Å²) in [6.45, 7) is 1.27. The number of amides is 1. The van der Waals surface area contributed by atoms with Gasteiger partial charge in [0.2, 0.25) is 5.91 Å². The Kier molecular flexibility index (Phi) is 2.70. The van der Waals surface area contributed by atoms with Crippen molar-refractivity contribution < 1.29 is 4.79 Å². The Balaban J connectivity index is 3.32. The largest absolute Gasteiger partial charge is 0.373 e. The van der Waals surface area contributed by atoms with Crippen molar-refractivity contribution >= 4 is 17.4 Å². The fraction of sp³-hybridized carbons (Fsp3) is 0.286. The topological polar surface area (TPSA) is 107 Å². The molecule has 0 fully saturated rings. The van der Waals surface area contributed by atoms with Gasteiger partial charge in [-0.3, -0.25) is 19.6 Å². The van der Waals surface area contributed by atoms with Crippen LogP contribution in [0.5, 0.6) is 0 Å². The fourth-order valence-electron chi connectivity index (χ4n) is 0.969. The second-order valence-electron chi connectivity index (χ2n) is 2.59. The molecule has 1 heterocycles. The highest BCUT2D eigenvalue weighted by Crippen LogP contribution is 2.08. The van der Waals surface area contributed by atoms with Crippen molar-refractivity contribution in [1.29, 1.82) is 0 Å². The number of hydrogen-bond acceptors (Lipinski definition) is 4. The van der Waals surface area contributed by atoms with Crippen molar-refractivity contribution in [1.82, 2.24) is 9.97 Å². The normalized spacial score (nSPS) is 9.57. The van der Waals surface area contributed by atoms with Gasteiger partial charge in [-0.15, -0.1) is 0 Å². The molecule has 0 aliphatic heterocycles. The minimum atomic E-state index is -0.645. The molecule has 0 aliphatic carbocycles. The van der Waals surface area contributed by atoms with Crippen molar-refractivity contribution in [2.75, 3.05) is 17.7 Å². The first kappa shape index (κ1) is 10.0. The number of carbonyl (C=O) groups excluding carboxylic acids is 1. The van der Waals surface area contributed by atoms with Crippen LogP contribution in [0.25, 0.3) is 0 Å². The highest BCUT2D eigenvalue weighted by molar-refractivity contribution is 5.91. The smallest absolute Gasteiger partial charge is 0.327 e. The van der Waals surface area contributed by atoms with Crippen molar-refractivity contribution in [3.8, 4) is 0 Å². The van der Waals surface area contributed by atoms with Crippen LogP contribution in [0.2, 0.25) is 0 Å². The van der Waals surface area contributed by atoms with E-state index in [4.69, 9.17) is 0 Å². The van der Waals surface area contributed by atoms with Gasteiger partial charge in [0.1, 0.15) is 11.5 Å². The molecular formula is C7H10N4O3. The zero-order chi connectivity index (χ0) is 10.7. The lowest BCUT2D eigenvalue weighted by molar-refractivity contribution is -0.114. The number of hydrogen-bond donors (Lipinski definition) is 4. The third kappa shape index (κ3) is 2.00. The van der Waals surface area contributed by atoms with Crippen LogP contribution >= 0.6 is 0 Å². The van der Waals surface area contributed by atoms with Crippen molar-refractivity contribution in [2.24, 2.45) is 0 Å². The van der Waals surface area contributed by atoms with Gasteiger partial charge in [0.25, 0.3) is 5.56 Å². The lowest BCUT2D eigenvalue weighted by Crippen LogP contribution is -2.28. The lowest BCUT2D eigenvalue weighted by Gasteiger charge is -2.06. The van der Waals surface area contributed by atoms with Gasteiger partial charge in [0.15, 0.2) is 0 Å². The van der Waals surface area contributed by atoms with Crippen LogP contribution in [0, 0.1) is 0 Å². The molecule has 1 aromatic rings. The van der Waals surface area contributed by atoms with Crippen LogP contribution in [0.4, 0.5) is 11.5 Å². The third-order valence-electron chi connectivity index (χ3n) is 1.49. The maximum absolute atomic E-state index is 11.2. The molecule has 0 bridgehead atoms. The van der Waals surface area contributed by atoms with E-state index < -0.39 is 11.2 Å². The predicted octanol–water partition coefficient (Wildman–Crippen LogP) is -0.937. The first-order valence-electron chi connectivity index (χ1n) is 3.86. The average molecular weight is 198 g/mol. The molecule has 7 nitrogen and oxygen atoms in total. The molecule has 0 atom stereocenters. The second-order valence-corrected chi connectivity index (χ2v) is 2.59. The minimum absolute atomic E-state index is 0.000370. The van der Waals surface area contributed by atoms with E-state index in [2.05, 4.69) is 15.6 Å². The number of carbonyl (C=O) groups is 1. The molecule has 76 valence electrons. The Morgan fingerprint density at radius 1 is 1.29 bits per heavy atom. The van der Waals surface area contributed by atoms with Crippen LogP contribution < -0.4 is 21.9 Å². The number of H-pyrrole nitrogens is 2.